The highest BCUT2D eigenvalue weighted by Gasteiger charge is 2.17. The van der Waals surface area contributed by atoms with Crippen molar-refractivity contribution in [1.82, 2.24) is 4.98 Å². The van der Waals surface area contributed by atoms with Gasteiger partial charge in [-0.05, 0) is 25.5 Å². The van der Waals surface area contributed by atoms with Gasteiger partial charge in [-0.2, -0.15) is 0 Å². The fraction of sp³-hybridized carbons (Fsp3) is 0.455. The highest BCUT2D eigenvalue weighted by molar-refractivity contribution is 7.80. The summed E-state index contributed by atoms with van der Waals surface area (Å²) in [4.78, 5) is 4.79. The standard InChI is InChI=1S/C11H15N3OS/c1-7-2-3-9(10(12)16)11(13-7)14-8-4-5-15-6-8/h2-3,8H,4-6H2,1H3,(H2,12,16)(H,13,14). The van der Waals surface area contributed by atoms with E-state index >= 15 is 0 Å². The summed E-state index contributed by atoms with van der Waals surface area (Å²) in [7, 11) is 0. The third-order valence-corrected chi connectivity index (χ3v) is 2.79. The van der Waals surface area contributed by atoms with E-state index in [0.717, 1.165) is 30.1 Å². The van der Waals surface area contributed by atoms with Gasteiger partial charge in [-0.1, -0.05) is 12.2 Å². The molecule has 0 amide bonds. The molecule has 4 nitrogen and oxygen atoms in total. The molecule has 5 heteroatoms. The molecule has 0 saturated carbocycles. The Morgan fingerprint density at radius 1 is 1.62 bits per heavy atom. The normalized spacial score (nSPS) is 19.7. The molecule has 0 aromatic carbocycles. The predicted octanol–water partition coefficient (Wildman–Crippen LogP) is 1.23. The molecule has 1 saturated heterocycles. The molecule has 1 fully saturated rings. The maximum absolute atomic E-state index is 5.66. The van der Waals surface area contributed by atoms with Gasteiger partial charge in [-0.3, -0.25) is 0 Å². The molecule has 0 aliphatic carbocycles. The van der Waals surface area contributed by atoms with Crippen LogP contribution in [0.4, 0.5) is 5.82 Å². The molecule has 2 rings (SSSR count). The Labute approximate surface area is 100 Å². The first kappa shape index (κ1) is 11.3. The summed E-state index contributed by atoms with van der Waals surface area (Å²) < 4.78 is 5.31. The number of nitrogens with zero attached hydrogens (tertiary/aromatic N) is 1. The molecule has 0 radical (unpaired) electrons. The Balaban J connectivity index is 2.22. The minimum atomic E-state index is 0.308. The fourth-order valence-electron chi connectivity index (χ4n) is 1.71. The highest BCUT2D eigenvalue weighted by Crippen LogP contribution is 2.17. The molecule has 1 aliphatic rings. The smallest absolute Gasteiger partial charge is 0.136 e. The number of hydrogen-bond donors (Lipinski definition) is 2. The number of aromatic nitrogens is 1. The van der Waals surface area contributed by atoms with Crippen molar-refractivity contribution in [3.05, 3.63) is 23.4 Å². The first-order chi connectivity index (χ1) is 7.66. The Bertz CT molecular complexity index is 402. The molecule has 1 aromatic heterocycles. The molecule has 2 heterocycles. The SMILES string of the molecule is Cc1ccc(C(N)=S)c(NC2CCOC2)n1. The highest BCUT2D eigenvalue weighted by atomic mass is 32.1. The van der Waals surface area contributed by atoms with Crippen LogP contribution in [0.1, 0.15) is 17.7 Å². The lowest BCUT2D eigenvalue weighted by Crippen LogP contribution is -2.23. The van der Waals surface area contributed by atoms with Gasteiger partial charge < -0.3 is 15.8 Å². The Hall–Kier alpha value is -1.20. The molecule has 0 bridgehead atoms. The fourth-order valence-corrected chi connectivity index (χ4v) is 1.87. The minimum absolute atomic E-state index is 0.308. The van der Waals surface area contributed by atoms with E-state index in [0.29, 0.717) is 17.6 Å². The van der Waals surface area contributed by atoms with Crippen molar-refractivity contribution in [2.24, 2.45) is 5.73 Å². The van der Waals surface area contributed by atoms with Crippen molar-refractivity contribution in [3.63, 3.8) is 0 Å². The number of ether oxygens (including phenoxy) is 1. The molecule has 1 aromatic rings. The Morgan fingerprint density at radius 3 is 3.06 bits per heavy atom. The predicted molar refractivity (Wildman–Crippen MR) is 67.7 cm³/mol. The van der Waals surface area contributed by atoms with E-state index in [4.69, 9.17) is 22.7 Å². The summed E-state index contributed by atoms with van der Waals surface area (Å²) in [5.74, 6) is 0.767. The third kappa shape index (κ3) is 2.48. The summed E-state index contributed by atoms with van der Waals surface area (Å²) in [6.45, 7) is 3.46. The summed E-state index contributed by atoms with van der Waals surface area (Å²) in [5.41, 5.74) is 7.40. The number of nitrogens with two attached hydrogens (primary N) is 1. The molecule has 1 aliphatic heterocycles. The zero-order valence-electron chi connectivity index (χ0n) is 9.19. The van der Waals surface area contributed by atoms with Gasteiger partial charge in [0.1, 0.15) is 10.8 Å². The number of pyridine rings is 1. The molecule has 16 heavy (non-hydrogen) atoms. The van der Waals surface area contributed by atoms with E-state index in [9.17, 15) is 0 Å². The van der Waals surface area contributed by atoms with Crippen LogP contribution in [0.3, 0.4) is 0 Å². The van der Waals surface area contributed by atoms with Crippen LogP contribution in [0.2, 0.25) is 0 Å². The first-order valence-electron chi connectivity index (χ1n) is 5.28. The minimum Gasteiger partial charge on any atom is -0.389 e. The number of hydrogen-bond acceptors (Lipinski definition) is 4. The zero-order chi connectivity index (χ0) is 11.5. The number of aryl methyl sites for hydroxylation is 1. The van der Waals surface area contributed by atoms with Crippen molar-refractivity contribution in [2.75, 3.05) is 18.5 Å². The largest absolute Gasteiger partial charge is 0.389 e. The van der Waals surface area contributed by atoms with E-state index in [1.807, 2.05) is 19.1 Å². The van der Waals surface area contributed by atoms with Crippen LogP contribution in [0.25, 0.3) is 0 Å². The maximum atomic E-state index is 5.66. The van der Waals surface area contributed by atoms with Crippen LogP contribution in [-0.4, -0.2) is 29.2 Å². The lowest BCUT2D eigenvalue weighted by Gasteiger charge is -2.15. The van der Waals surface area contributed by atoms with Gasteiger partial charge in [0.15, 0.2) is 0 Å². The average Bonchev–Trinajstić information content (AvgIpc) is 2.70. The second kappa shape index (κ2) is 4.76. The van der Waals surface area contributed by atoms with Gasteiger partial charge in [-0.25, -0.2) is 4.98 Å². The lowest BCUT2D eigenvalue weighted by atomic mass is 10.2. The van der Waals surface area contributed by atoms with Crippen molar-refractivity contribution < 1.29 is 4.74 Å². The molecular formula is C11H15N3OS. The number of anilines is 1. The van der Waals surface area contributed by atoms with Crippen LogP contribution in [0.5, 0.6) is 0 Å². The lowest BCUT2D eigenvalue weighted by molar-refractivity contribution is 0.195. The van der Waals surface area contributed by atoms with E-state index in [1.54, 1.807) is 0 Å². The Kier molecular flexibility index (Phi) is 3.36. The molecule has 0 spiro atoms. The van der Waals surface area contributed by atoms with Gasteiger partial charge in [0.25, 0.3) is 0 Å². The van der Waals surface area contributed by atoms with E-state index in [1.165, 1.54) is 0 Å². The Morgan fingerprint density at radius 2 is 2.44 bits per heavy atom. The van der Waals surface area contributed by atoms with Gasteiger partial charge in [-0.15, -0.1) is 0 Å². The topological polar surface area (TPSA) is 60.2 Å². The number of nitrogens with one attached hydrogen (secondary N) is 1. The molecule has 1 atom stereocenters. The zero-order valence-corrected chi connectivity index (χ0v) is 10.0. The summed E-state index contributed by atoms with van der Waals surface area (Å²) >= 11 is 5.00. The van der Waals surface area contributed by atoms with Crippen LogP contribution in [0.15, 0.2) is 12.1 Å². The molecule has 1 unspecified atom stereocenters. The molecule has 3 N–H and O–H groups in total. The van der Waals surface area contributed by atoms with Crippen LogP contribution >= 0.6 is 12.2 Å². The van der Waals surface area contributed by atoms with E-state index < -0.39 is 0 Å². The summed E-state index contributed by atoms with van der Waals surface area (Å²) in [5, 5.41) is 3.33. The molecule has 86 valence electrons. The number of rotatable bonds is 3. The average molecular weight is 237 g/mol. The van der Waals surface area contributed by atoms with Crippen LogP contribution in [-0.2, 0) is 4.74 Å². The van der Waals surface area contributed by atoms with Crippen molar-refractivity contribution in [3.8, 4) is 0 Å². The first-order valence-corrected chi connectivity index (χ1v) is 5.69. The number of thiocarbonyl (C=S) groups is 1. The van der Waals surface area contributed by atoms with Crippen molar-refractivity contribution >= 4 is 23.0 Å². The summed E-state index contributed by atoms with van der Waals surface area (Å²) in [6.07, 6.45) is 0.992. The van der Waals surface area contributed by atoms with Gasteiger partial charge in [0.2, 0.25) is 0 Å². The van der Waals surface area contributed by atoms with E-state index in [2.05, 4.69) is 10.3 Å². The van der Waals surface area contributed by atoms with E-state index in [-0.39, 0.29) is 0 Å². The van der Waals surface area contributed by atoms with Crippen molar-refractivity contribution in [2.45, 2.75) is 19.4 Å². The van der Waals surface area contributed by atoms with Crippen molar-refractivity contribution in [1.29, 1.82) is 0 Å². The van der Waals surface area contributed by atoms with Gasteiger partial charge >= 0.3 is 0 Å². The van der Waals surface area contributed by atoms with Gasteiger partial charge in [0, 0.05) is 12.3 Å². The quantitative estimate of drug-likeness (QED) is 0.774. The monoisotopic (exact) mass is 237 g/mol. The van der Waals surface area contributed by atoms with Crippen LogP contribution < -0.4 is 11.1 Å². The second-order valence-corrected chi connectivity index (χ2v) is 4.36. The third-order valence-electron chi connectivity index (χ3n) is 2.57. The summed E-state index contributed by atoms with van der Waals surface area (Å²) in [6, 6.07) is 4.12. The molecular weight excluding hydrogens is 222 g/mol. The maximum Gasteiger partial charge on any atom is 0.136 e. The second-order valence-electron chi connectivity index (χ2n) is 3.92. The van der Waals surface area contributed by atoms with Gasteiger partial charge in [0.05, 0.1) is 18.2 Å². The van der Waals surface area contributed by atoms with Crippen LogP contribution in [0, 0.1) is 6.92 Å².